The van der Waals surface area contributed by atoms with Crippen molar-refractivity contribution in [2.75, 3.05) is 0 Å². The van der Waals surface area contributed by atoms with E-state index in [1.54, 1.807) is 11.3 Å². The minimum atomic E-state index is 0.476. The molecular formula is C12H15Br2ClS. The smallest absolute Gasteiger partial charge is 0.0887 e. The Hall–Kier alpha value is 0.950. The zero-order valence-electron chi connectivity index (χ0n) is 9.02. The zero-order valence-corrected chi connectivity index (χ0v) is 13.8. The van der Waals surface area contributed by atoms with Gasteiger partial charge in [0, 0.05) is 9.70 Å². The summed E-state index contributed by atoms with van der Waals surface area (Å²) in [4.78, 5) is 1.83. The molecule has 0 aromatic carbocycles. The van der Waals surface area contributed by atoms with E-state index in [2.05, 4.69) is 37.9 Å². The molecule has 1 atom stereocenters. The van der Waals surface area contributed by atoms with Crippen LogP contribution in [0, 0.1) is 5.92 Å². The van der Waals surface area contributed by atoms with Gasteiger partial charge in [-0.15, -0.1) is 11.3 Å². The van der Waals surface area contributed by atoms with Crippen LogP contribution in [0.3, 0.4) is 0 Å². The third-order valence-electron chi connectivity index (χ3n) is 3.24. The standard InChI is InChI=1S/C12H15Br2ClS/c13-9(6-8-4-2-1-3-5-8)11-7-10(15)12(14)16-11/h7-9H,1-6H2. The maximum absolute atomic E-state index is 6.06. The van der Waals surface area contributed by atoms with Crippen LogP contribution in [-0.4, -0.2) is 0 Å². The SMILES string of the molecule is Clc1cc(C(Br)CC2CCCCC2)sc1Br. The van der Waals surface area contributed by atoms with Gasteiger partial charge in [0.15, 0.2) is 0 Å². The highest BCUT2D eigenvalue weighted by Crippen LogP contribution is 2.42. The Kier molecular flexibility index (Phi) is 5.20. The minimum Gasteiger partial charge on any atom is -0.130 e. The Labute approximate surface area is 123 Å². The summed E-state index contributed by atoms with van der Waals surface area (Å²) in [6.45, 7) is 0. The van der Waals surface area contributed by atoms with E-state index in [4.69, 9.17) is 11.6 Å². The molecule has 1 aromatic rings. The van der Waals surface area contributed by atoms with Gasteiger partial charge in [0.1, 0.15) is 0 Å². The fourth-order valence-corrected chi connectivity index (χ4v) is 5.03. The third kappa shape index (κ3) is 3.47. The Balaban J connectivity index is 1.93. The third-order valence-corrected chi connectivity index (χ3v) is 7.00. The van der Waals surface area contributed by atoms with E-state index in [1.807, 2.05) is 0 Å². The molecule has 0 N–H and O–H groups in total. The first kappa shape index (κ1) is 13.4. The van der Waals surface area contributed by atoms with Gasteiger partial charge in [-0.2, -0.15) is 0 Å². The molecule has 1 aliphatic rings. The van der Waals surface area contributed by atoms with Crippen molar-refractivity contribution in [2.45, 2.75) is 43.4 Å². The largest absolute Gasteiger partial charge is 0.130 e. The predicted molar refractivity (Wildman–Crippen MR) is 79.9 cm³/mol. The first-order chi connectivity index (χ1) is 7.66. The molecule has 1 fully saturated rings. The van der Waals surface area contributed by atoms with Crippen molar-refractivity contribution < 1.29 is 0 Å². The molecule has 0 amide bonds. The van der Waals surface area contributed by atoms with Crippen molar-refractivity contribution in [2.24, 2.45) is 5.92 Å². The quantitative estimate of drug-likeness (QED) is 0.515. The summed E-state index contributed by atoms with van der Waals surface area (Å²) in [6.07, 6.45) is 8.33. The van der Waals surface area contributed by atoms with Gasteiger partial charge in [0.2, 0.25) is 0 Å². The van der Waals surface area contributed by atoms with Gasteiger partial charge in [-0.25, -0.2) is 0 Å². The van der Waals surface area contributed by atoms with E-state index >= 15 is 0 Å². The highest BCUT2D eigenvalue weighted by molar-refractivity contribution is 9.11. The van der Waals surface area contributed by atoms with E-state index in [0.717, 1.165) is 14.7 Å². The molecule has 2 rings (SSSR count). The molecule has 1 unspecified atom stereocenters. The topological polar surface area (TPSA) is 0 Å². The van der Waals surface area contributed by atoms with Crippen LogP contribution in [-0.2, 0) is 0 Å². The maximum atomic E-state index is 6.06. The molecule has 0 bridgehead atoms. The summed E-state index contributed by atoms with van der Waals surface area (Å²) < 4.78 is 1.05. The zero-order chi connectivity index (χ0) is 11.5. The van der Waals surface area contributed by atoms with Crippen molar-refractivity contribution in [3.8, 4) is 0 Å². The molecule has 0 aliphatic heterocycles. The number of halogens is 3. The normalized spacial score (nSPS) is 19.9. The van der Waals surface area contributed by atoms with E-state index in [9.17, 15) is 0 Å². The Morgan fingerprint density at radius 3 is 2.62 bits per heavy atom. The van der Waals surface area contributed by atoms with E-state index in [-0.39, 0.29) is 0 Å². The number of alkyl halides is 1. The molecular weight excluding hydrogens is 371 g/mol. The summed E-state index contributed by atoms with van der Waals surface area (Å²) in [5.74, 6) is 0.901. The highest BCUT2D eigenvalue weighted by atomic mass is 79.9. The second kappa shape index (κ2) is 6.21. The van der Waals surface area contributed by atoms with Crippen LogP contribution in [0.4, 0.5) is 0 Å². The lowest BCUT2D eigenvalue weighted by Crippen LogP contribution is -2.08. The van der Waals surface area contributed by atoms with Crippen LogP contribution >= 0.6 is 54.8 Å². The van der Waals surface area contributed by atoms with Gasteiger partial charge in [-0.1, -0.05) is 59.6 Å². The molecule has 1 saturated carbocycles. The molecule has 1 aliphatic carbocycles. The summed E-state index contributed by atoms with van der Waals surface area (Å²) in [7, 11) is 0. The summed E-state index contributed by atoms with van der Waals surface area (Å²) in [5.41, 5.74) is 0. The molecule has 90 valence electrons. The van der Waals surface area contributed by atoms with E-state index in [0.29, 0.717) is 4.83 Å². The van der Waals surface area contributed by atoms with Crippen molar-refractivity contribution in [1.29, 1.82) is 0 Å². The Morgan fingerprint density at radius 2 is 2.06 bits per heavy atom. The van der Waals surface area contributed by atoms with Crippen molar-refractivity contribution >= 4 is 54.8 Å². The van der Waals surface area contributed by atoms with Crippen LogP contribution in [0.5, 0.6) is 0 Å². The lowest BCUT2D eigenvalue weighted by molar-refractivity contribution is 0.339. The average molecular weight is 387 g/mol. The van der Waals surface area contributed by atoms with Crippen LogP contribution in [0.25, 0.3) is 0 Å². The molecule has 0 spiro atoms. The monoisotopic (exact) mass is 384 g/mol. The molecule has 0 radical (unpaired) electrons. The van der Waals surface area contributed by atoms with E-state index in [1.165, 1.54) is 43.4 Å². The van der Waals surface area contributed by atoms with Gasteiger partial charge in [0.25, 0.3) is 0 Å². The second-order valence-electron chi connectivity index (χ2n) is 4.48. The van der Waals surface area contributed by atoms with Crippen LogP contribution in [0.1, 0.15) is 48.2 Å². The lowest BCUT2D eigenvalue weighted by atomic mass is 9.86. The Morgan fingerprint density at radius 1 is 1.38 bits per heavy atom. The van der Waals surface area contributed by atoms with Crippen LogP contribution < -0.4 is 0 Å². The maximum Gasteiger partial charge on any atom is 0.0887 e. The molecule has 16 heavy (non-hydrogen) atoms. The van der Waals surface area contributed by atoms with E-state index < -0.39 is 0 Å². The van der Waals surface area contributed by atoms with Crippen LogP contribution in [0.15, 0.2) is 9.85 Å². The number of thiophene rings is 1. The number of hydrogen-bond donors (Lipinski definition) is 0. The van der Waals surface area contributed by atoms with Gasteiger partial charge in [0.05, 0.1) is 8.81 Å². The molecule has 0 nitrogen and oxygen atoms in total. The predicted octanol–water partition coefficient (Wildman–Crippen LogP) is 6.57. The summed E-state index contributed by atoms with van der Waals surface area (Å²) in [5, 5.41) is 0.841. The number of hydrogen-bond acceptors (Lipinski definition) is 1. The molecule has 1 aromatic heterocycles. The first-order valence-electron chi connectivity index (χ1n) is 5.75. The average Bonchev–Trinajstić information content (AvgIpc) is 2.61. The highest BCUT2D eigenvalue weighted by Gasteiger charge is 2.20. The first-order valence-corrected chi connectivity index (χ1v) is 8.66. The van der Waals surface area contributed by atoms with Gasteiger partial charge in [-0.3, -0.25) is 0 Å². The van der Waals surface area contributed by atoms with Crippen LogP contribution in [0.2, 0.25) is 5.02 Å². The van der Waals surface area contributed by atoms with Gasteiger partial charge >= 0.3 is 0 Å². The second-order valence-corrected chi connectivity index (χ2v) is 8.39. The molecule has 0 saturated heterocycles. The Bertz CT molecular complexity index is 325. The fourth-order valence-electron chi connectivity index (χ4n) is 2.35. The minimum absolute atomic E-state index is 0.476. The van der Waals surface area contributed by atoms with Gasteiger partial charge in [-0.05, 0) is 34.3 Å². The summed E-state index contributed by atoms with van der Waals surface area (Å²) in [6, 6.07) is 2.08. The van der Waals surface area contributed by atoms with Crippen molar-refractivity contribution in [1.82, 2.24) is 0 Å². The van der Waals surface area contributed by atoms with Crippen molar-refractivity contribution in [3.05, 3.63) is 19.8 Å². The summed E-state index contributed by atoms with van der Waals surface area (Å²) >= 11 is 15.1. The lowest BCUT2D eigenvalue weighted by Gasteiger charge is -2.23. The molecule has 4 heteroatoms. The fraction of sp³-hybridized carbons (Fsp3) is 0.667. The molecule has 1 heterocycles. The van der Waals surface area contributed by atoms with Crippen molar-refractivity contribution in [3.63, 3.8) is 0 Å². The number of rotatable bonds is 3. The van der Waals surface area contributed by atoms with Gasteiger partial charge < -0.3 is 0 Å².